The summed E-state index contributed by atoms with van der Waals surface area (Å²) in [6.45, 7) is 4.76. The van der Waals surface area contributed by atoms with Gasteiger partial charge in [0.15, 0.2) is 0 Å². The molecule has 5 rings (SSSR count). The van der Waals surface area contributed by atoms with Crippen LogP contribution in [-0.2, 0) is 4.79 Å². The van der Waals surface area contributed by atoms with E-state index in [-0.39, 0.29) is 11.3 Å². The van der Waals surface area contributed by atoms with E-state index in [1.54, 1.807) is 0 Å². The summed E-state index contributed by atoms with van der Waals surface area (Å²) in [7, 11) is 0. The average Bonchev–Trinajstić information content (AvgIpc) is 2.76. The van der Waals surface area contributed by atoms with Crippen molar-refractivity contribution in [2.24, 2.45) is 22.2 Å². The minimum Gasteiger partial charge on any atom is -0.294 e. The van der Waals surface area contributed by atoms with E-state index in [0.29, 0.717) is 16.8 Å². The number of aromatic amines is 1. The topological polar surface area (TPSA) is 70.7 Å². The van der Waals surface area contributed by atoms with Crippen molar-refractivity contribution < 1.29 is 4.79 Å². The minimum atomic E-state index is -0.185. The number of carbonyl (C=O) groups excluding carboxylic acids is 1. The fourth-order valence-corrected chi connectivity index (χ4v) is 6.21. The molecule has 4 aliphatic rings. The lowest BCUT2D eigenvalue weighted by molar-refractivity contribution is -0.165. The zero-order chi connectivity index (χ0) is 14.0. The van der Waals surface area contributed by atoms with Crippen LogP contribution in [0, 0.1) is 22.2 Å². The molecule has 4 fully saturated rings. The van der Waals surface area contributed by atoms with Crippen LogP contribution in [0.4, 0.5) is 5.95 Å². The van der Waals surface area contributed by atoms with Crippen LogP contribution in [0.3, 0.4) is 0 Å². The molecule has 20 heavy (non-hydrogen) atoms. The quantitative estimate of drug-likeness (QED) is 0.871. The molecule has 0 aliphatic heterocycles. The van der Waals surface area contributed by atoms with Crippen LogP contribution in [0.5, 0.6) is 0 Å². The van der Waals surface area contributed by atoms with Crippen molar-refractivity contribution in [3.05, 3.63) is 6.33 Å². The maximum Gasteiger partial charge on any atom is 0.232 e. The first-order valence-electron chi connectivity index (χ1n) is 7.57. The Balaban J connectivity index is 1.65. The van der Waals surface area contributed by atoms with E-state index in [1.807, 2.05) is 0 Å². The summed E-state index contributed by atoms with van der Waals surface area (Å²) < 4.78 is 0. The Labute approximate surface area is 118 Å². The number of aromatic nitrogens is 3. The van der Waals surface area contributed by atoms with Gasteiger partial charge in [-0.1, -0.05) is 13.8 Å². The van der Waals surface area contributed by atoms with Crippen LogP contribution in [0.25, 0.3) is 0 Å². The lowest BCUT2D eigenvalue weighted by Crippen LogP contribution is -2.58. The van der Waals surface area contributed by atoms with Crippen molar-refractivity contribution in [2.75, 3.05) is 5.32 Å². The molecule has 1 aromatic heterocycles. The molecule has 4 aliphatic carbocycles. The molecule has 1 heterocycles. The Hall–Kier alpha value is -1.39. The van der Waals surface area contributed by atoms with Crippen molar-refractivity contribution in [3.63, 3.8) is 0 Å². The highest BCUT2D eigenvalue weighted by Crippen LogP contribution is 2.69. The van der Waals surface area contributed by atoms with Gasteiger partial charge in [-0.3, -0.25) is 10.1 Å². The van der Waals surface area contributed by atoms with Gasteiger partial charge in [0.25, 0.3) is 0 Å². The molecule has 5 heteroatoms. The van der Waals surface area contributed by atoms with E-state index in [4.69, 9.17) is 0 Å². The Bertz CT molecular complexity index is 534. The Morgan fingerprint density at radius 3 is 2.50 bits per heavy atom. The fraction of sp³-hybridized carbons (Fsp3) is 0.800. The van der Waals surface area contributed by atoms with Gasteiger partial charge in [-0.05, 0) is 55.3 Å². The van der Waals surface area contributed by atoms with E-state index in [0.717, 1.165) is 25.2 Å². The third-order valence-corrected chi connectivity index (χ3v) is 5.75. The zero-order valence-corrected chi connectivity index (χ0v) is 12.2. The van der Waals surface area contributed by atoms with Crippen molar-refractivity contribution in [3.8, 4) is 0 Å². The number of H-pyrrole nitrogens is 1. The third-order valence-electron chi connectivity index (χ3n) is 5.75. The monoisotopic (exact) mass is 274 g/mol. The van der Waals surface area contributed by atoms with E-state index in [1.165, 1.54) is 25.6 Å². The normalized spacial score (nSPS) is 45.6. The maximum atomic E-state index is 12.8. The van der Waals surface area contributed by atoms with Gasteiger partial charge < -0.3 is 0 Å². The molecule has 1 amide bonds. The van der Waals surface area contributed by atoms with Crippen LogP contribution >= 0.6 is 0 Å². The first-order valence-corrected chi connectivity index (χ1v) is 7.57. The SMILES string of the molecule is CC12CC3CC(C)(C1)CC(C(=O)Nc1ncn[nH]1)(C3)C2. The minimum absolute atomic E-state index is 0.149. The summed E-state index contributed by atoms with van der Waals surface area (Å²) in [6, 6.07) is 0. The van der Waals surface area contributed by atoms with Crippen LogP contribution < -0.4 is 5.32 Å². The van der Waals surface area contributed by atoms with Gasteiger partial charge in [-0.2, -0.15) is 10.1 Å². The molecule has 5 nitrogen and oxygen atoms in total. The summed E-state index contributed by atoms with van der Waals surface area (Å²) >= 11 is 0. The van der Waals surface area contributed by atoms with Crippen LogP contribution in [0.2, 0.25) is 0 Å². The Kier molecular flexibility index (Phi) is 2.24. The van der Waals surface area contributed by atoms with E-state index < -0.39 is 0 Å². The molecule has 1 aromatic rings. The number of nitrogens with one attached hydrogen (secondary N) is 2. The summed E-state index contributed by atoms with van der Waals surface area (Å²) in [5, 5.41) is 9.47. The van der Waals surface area contributed by atoms with Gasteiger partial charge in [0.2, 0.25) is 11.9 Å². The highest BCUT2D eigenvalue weighted by Gasteiger charge is 2.62. The second-order valence-electron chi connectivity index (χ2n) is 8.20. The molecule has 0 saturated heterocycles. The van der Waals surface area contributed by atoms with Crippen molar-refractivity contribution in [1.29, 1.82) is 0 Å². The number of nitrogens with zero attached hydrogens (tertiary/aromatic N) is 2. The maximum absolute atomic E-state index is 12.8. The molecule has 0 aromatic carbocycles. The van der Waals surface area contributed by atoms with E-state index in [9.17, 15) is 4.79 Å². The summed E-state index contributed by atoms with van der Waals surface area (Å²) in [5.41, 5.74) is 0.523. The third kappa shape index (κ3) is 1.71. The number of hydrogen-bond donors (Lipinski definition) is 2. The van der Waals surface area contributed by atoms with Gasteiger partial charge in [-0.15, -0.1) is 0 Å². The van der Waals surface area contributed by atoms with E-state index in [2.05, 4.69) is 34.3 Å². The summed E-state index contributed by atoms with van der Waals surface area (Å²) in [6.07, 6.45) is 8.45. The molecular weight excluding hydrogens is 252 g/mol. The zero-order valence-electron chi connectivity index (χ0n) is 12.2. The summed E-state index contributed by atoms with van der Waals surface area (Å²) in [4.78, 5) is 16.9. The standard InChI is InChI=1S/C15H22N4O/c1-13-3-10-4-14(2,6-13)8-15(5-10,7-13)11(20)18-12-16-9-17-19-12/h9-10H,3-8H2,1-2H3,(H2,16,17,18,19,20). The van der Waals surface area contributed by atoms with Gasteiger partial charge in [0.05, 0.1) is 5.41 Å². The molecule has 108 valence electrons. The molecule has 2 N–H and O–H groups in total. The van der Waals surface area contributed by atoms with Crippen LogP contribution in [0.15, 0.2) is 6.33 Å². The number of anilines is 1. The van der Waals surface area contributed by atoms with Gasteiger partial charge in [0, 0.05) is 0 Å². The first-order chi connectivity index (χ1) is 9.41. The summed E-state index contributed by atoms with van der Waals surface area (Å²) in [5.74, 6) is 1.35. The predicted molar refractivity (Wildman–Crippen MR) is 74.9 cm³/mol. The smallest absolute Gasteiger partial charge is 0.232 e. The Morgan fingerprint density at radius 1 is 1.25 bits per heavy atom. The fourth-order valence-electron chi connectivity index (χ4n) is 6.21. The number of hydrogen-bond acceptors (Lipinski definition) is 3. The molecule has 2 atom stereocenters. The Morgan fingerprint density at radius 2 is 1.95 bits per heavy atom. The van der Waals surface area contributed by atoms with Crippen LogP contribution in [0.1, 0.15) is 52.4 Å². The second-order valence-corrected chi connectivity index (χ2v) is 8.20. The van der Waals surface area contributed by atoms with Gasteiger partial charge >= 0.3 is 0 Å². The lowest BCUT2D eigenvalue weighted by Gasteiger charge is -2.64. The molecule has 0 spiro atoms. The molecule has 4 bridgehead atoms. The van der Waals surface area contributed by atoms with Crippen molar-refractivity contribution in [2.45, 2.75) is 52.4 Å². The average molecular weight is 274 g/mol. The number of amides is 1. The number of carbonyl (C=O) groups is 1. The predicted octanol–water partition coefficient (Wildman–Crippen LogP) is 2.74. The number of rotatable bonds is 2. The highest BCUT2D eigenvalue weighted by molar-refractivity contribution is 5.94. The van der Waals surface area contributed by atoms with Crippen LogP contribution in [-0.4, -0.2) is 21.1 Å². The molecular formula is C15H22N4O. The highest BCUT2D eigenvalue weighted by atomic mass is 16.2. The largest absolute Gasteiger partial charge is 0.294 e. The molecule has 4 saturated carbocycles. The molecule has 2 unspecified atom stereocenters. The second kappa shape index (κ2) is 3.62. The molecule has 0 radical (unpaired) electrons. The lowest BCUT2D eigenvalue weighted by atomic mass is 9.40. The van der Waals surface area contributed by atoms with Gasteiger partial charge in [0.1, 0.15) is 6.33 Å². The van der Waals surface area contributed by atoms with Crippen molar-refractivity contribution >= 4 is 11.9 Å². The van der Waals surface area contributed by atoms with Gasteiger partial charge in [-0.25, -0.2) is 5.10 Å². The first kappa shape index (κ1) is 12.4. The van der Waals surface area contributed by atoms with Crippen molar-refractivity contribution in [1.82, 2.24) is 15.2 Å². The van der Waals surface area contributed by atoms with E-state index >= 15 is 0 Å².